The number of benzene rings is 2. The van der Waals surface area contributed by atoms with E-state index in [0.29, 0.717) is 16.6 Å². The second-order valence-corrected chi connectivity index (χ2v) is 6.34. The minimum atomic E-state index is -2.89. The number of methoxy groups -OCH3 is 1. The molecule has 3 rings (SSSR count). The highest BCUT2D eigenvalue weighted by molar-refractivity contribution is 7.99. The molecule has 0 spiro atoms. The van der Waals surface area contributed by atoms with Crippen LogP contribution in [0.5, 0.6) is 11.5 Å². The van der Waals surface area contributed by atoms with Crippen molar-refractivity contribution in [3.63, 3.8) is 0 Å². The molecule has 0 radical (unpaired) electrons. The summed E-state index contributed by atoms with van der Waals surface area (Å²) in [6.45, 7) is -2.89. The zero-order valence-corrected chi connectivity index (χ0v) is 15.5. The molecule has 28 heavy (non-hydrogen) atoms. The van der Waals surface area contributed by atoms with Gasteiger partial charge in [0.2, 0.25) is 5.91 Å². The molecule has 0 aliphatic carbocycles. The number of nitrogens with zero attached hydrogens (tertiary/aromatic N) is 3. The van der Waals surface area contributed by atoms with Gasteiger partial charge in [-0.2, -0.15) is 8.78 Å². The van der Waals surface area contributed by atoms with Gasteiger partial charge >= 0.3 is 6.61 Å². The maximum absolute atomic E-state index is 12.2. The van der Waals surface area contributed by atoms with Crippen LogP contribution >= 0.6 is 11.8 Å². The van der Waals surface area contributed by atoms with E-state index < -0.39 is 6.61 Å². The first kappa shape index (κ1) is 19.6. The first-order chi connectivity index (χ1) is 13.6. The van der Waals surface area contributed by atoms with Crippen molar-refractivity contribution in [3.05, 3.63) is 54.9 Å². The van der Waals surface area contributed by atoms with Crippen LogP contribution in [0, 0.1) is 0 Å². The zero-order valence-electron chi connectivity index (χ0n) is 14.7. The van der Waals surface area contributed by atoms with E-state index in [2.05, 4.69) is 20.3 Å². The maximum atomic E-state index is 12.2. The van der Waals surface area contributed by atoms with Crippen LogP contribution in [-0.4, -0.2) is 40.1 Å². The lowest BCUT2D eigenvalue weighted by molar-refractivity contribution is -0.113. The van der Waals surface area contributed by atoms with Crippen LogP contribution in [0.2, 0.25) is 0 Å². The molecule has 2 aromatic carbocycles. The summed E-state index contributed by atoms with van der Waals surface area (Å²) < 4.78 is 35.6. The van der Waals surface area contributed by atoms with Gasteiger partial charge in [0, 0.05) is 5.69 Å². The minimum absolute atomic E-state index is 0.0206. The highest BCUT2D eigenvalue weighted by atomic mass is 32.2. The molecule has 1 aromatic heterocycles. The Morgan fingerprint density at radius 3 is 2.68 bits per heavy atom. The number of rotatable bonds is 8. The Kier molecular flexibility index (Phi) is 6.43. The van der Waals surface area contributed by atoms with Crippen molar-refractivity contribution in [1.82, 2.24) is 14.8 Å². The van der Waals surface area contributed by atoms with Crippen LogP contribution in [0.3, 0.4) is 0 Å². The van der Waals surface area contributed by atoms with Crippen molar-refractivity contribution in [2.75, 3.05) is 18.2 Å². The van der Waals surface area contributed by atoms with Crippen LogP contribution < -0.4 is 14.8 Å². The Balaban J connectivity index is 1.61. The first-order valence-corrected chi connectivity index (χ1v) is 9.06. The van der Waals surface area contributed by atoms with Crippen LogP contribution in [0.15, 0.2) is 60.0 Å². The number of anilines is 1. The monoisotopic (exact) mass is 406 g/mol. The van der Waals surface area contributed by atoms with Crippen molar-refractivity contribution in [1.29, 1.82) is 0 Å². The molecule has 146 valence electrons. The Bertz CT molecular complexity index is 935. The number of halogens is 2. The van der Waals surface area contributed by atoms with Gasteiger partial charge in [-0.15, -0.1) is 10.2 Å². The van der Waals surface area contributed by atoms with E-state index in [1.807, 2.05) is 24.3 Å². The number of carbonyl (C=O) groups excluding carboxylic acids is 1. The molecule has 0 aliphatic rings. The summed E-state index contributed by atoms with van der Waals surface area (Å²) in [4.78, 5) is 12.2. The molecule has 10 heteroatoms. The molecular formula is C18H16F2N4O3S. The number of carbonyl (C=O) groups is 1. The molecule has 0 unspecified atom stereocenters. The summed E-state index contributed by atoms with van der Waals surface area (Å²) in [6.07, 6.45) is 1.54. The van der Waals surface area contributed by atoms with Gasteiger partial charge < -0.3 is 14.8 Å². The molecule has 1 N–H and O–H groups in total. The van der Waals surface area contributed by atoms with E-state index in [4.69, 9.17) is 4.74 Å². The summed E-state index contributed by atoms with van der Waals surface area (Å²) in [6, 6.07) is 13.1. The van der Waals surface area contributed by atoms with Crippen LogP contribution in [-0.2, 0) is 4.79 Å². The lowest BCUT2D eigenvalue weighted by Crippen LogP contribution is -2.14. The molecule has 3 aromatic rings. The predicted molar refractivity (Wildman–Crippen MR) is 100 cm³/mol. The van der Waals surface area contributed by atoms with Gasteiger partial charge in [0.25, 0.3) is 0 Å². The van der Waals surface area contributed by atoms with Crippen LogP contribution in [0.4, 0.5) is 14.5 Å². The summed E-state index contributed by atoms with van der Waals surface area (Å²) in [7, 11) is 1.57. The Labute approximate surface area is 163 Å². The van der Waals surface area contributed by atoms with Crippen molar-refractivity contribution < 1.29 is 23.0 Å². The molecular weight excluding hydrogens is 390 g/mol. The third-order valence-corrected chi connectivity index (χ3v) is 4.50. The Morgan fingerprint density at radius 2 is 1.96 bits per heavy atom. The SMILES string of the molecule is COc1ccccc1-n1cnnc1SCC(=O)Nc1ccc(OC(F)F)cc1. The molecule has 0 aliphatic heterocycles. The van der Waals surface area contributed by atoms with Crippen molar-refractivity contribution >= 4 is 23.4 Å². The van der Waals surface area contributed by atoms with Gasteiger partial charge in [0.15, 0.2) is 5.16 Å². The average Bonchev–Trinajstić information content (AvgIpc) is 3.16. The number of aromatic nitrogens is 3. The summed E-state index contributed by atoms with van der Waals surface area (Å²) in [5, 5.41) is 11.1. The topological polar surface area (TPSA) is 78.3 Å². The number of para-hydroxylation sites is 2. The van der Waals surface area contributed by atoms with E-state index >= 15 is 0 Å². The number of alkyl halides is 2. The second kappa shape index (κ2) is 9.18. The van der Waals surface area contributed by atoms with Crippen molar-refractivity contribution in [3.8, 4) is 17.2 Å². The van der Waals surface area contributed by atoms with Crippen molar-refractivity contribution in [2.24, 2.45) is 0 Å². The largest absolute Gasteiger partial charge is 0.495 e. The maximum Gasteiger partial charge on any atom is 0.387 e. The fraction of sp³-hybridized carbons (Fsp3) is 0.167. The normalized spacial score (nSPS) is 10.7. The first-order valence-electron chi connectivity index (χ1n) is 8.08. The van der Waals surface area contributed by atoms with Crippen molar-refractivity contribution in [2.45, 2.75) is 11.8 Å². The van der Waals surface area contributed by atoms with E-state index in [0.717, 1.165) is 5.69 Å². The number of nitrogens with one attached hydrogen (secondary N) is 1. The molecule has 7 nitrogen and oxygen atoms in total. The fourth-order valence-electron chi connectivity index (χ4n) is 2.36. The number of ether oxygens (including phenoxy) is 2. The Hall–Kier alpha value is -3.14. The standard InChI is InChI=1S/C18H16F2N4O3S/c1-26-15-5-3-2-4-14(15)24-11-21-23-18(24)28-10-16(25)22-12-6-8-13(9-7-12)27-17(19)20/h2-9,11,17H,10H2,1H3,(H,22,25). The molecule has 1 amide bonds. The van der Waals surface area contributed by atoms with Gasteiger partial charge in [0.1, 0.15) is 17.8 Å². The van der Waals surface area contributed by atoms with E-state index in [9.17, 15) is 13.6 Å². The summed E-state index contributed by atoms with van der Waals surface area (Å²) >= 11 is 1.20. The van der Waals surface area contributed by atoms with E-state index in [-0.39, 0.29) is 17.4 Å². The zero-order chi connectivity index (χ0) is 19.9. The number of hydrogen-bond acceptors (Lipinski definition) is 6. The molecule has 0 saturated heterocycles. The lowest BCUT2D eigenvalue weighted by atomic mass is 10.3. The lowest BCUT2D eigenvalue weighted by Gasteiger charge is -2.11. The smallest absolute Gasteiger partial charge is 0.387 e. The highest BCUT2D eigenvalue weighted by Crippen LogP contribution is 2.26. The number of amides is 1. The van der Waals surface area contributed by atoms with Gasteiger partial charge in [0.05, 0.1) is 18.6 Å². The fourth-order valence-corrected chi connectivity index (χ4v) is 3.09. The summed E-state index contributed by atoms with van der Waals surface area (Å²) in [5.74, 6) is 0.484. The molecule has 1 heterocycles. The summed E-state index contributed by atoms with van der Waals surface area (Å²) in [5.41, 5.74) is 1.23. The minimum Gasteiger partial charge on any atom is -0.495 e. The number of thioether (sulfide) groups is 1. The third-order valence-electron chi connectivity index (χ3n) is 3.56. The van der Waals surface area contributed by atoms with E-state index in [1.165, 1.54) is 36.0 Å². The molecule has 0 saturated carbocycles. The van der Waals surface area contributed by atoms with E-state index in [1.54, 1.807) is 18.0 Å². The average molecular weight is 406 g/mol. The highest BCUT2D eigenvalue weighted by Gasteiger charge is 2.13. The van der Waals surface area contributed by atoms with Gasteiger partial charge in [-0.1, -0.05) is 23.9 Å². The van der Waals surface area contributed by atoms with Gasteiger partial charge in [-0.3, -0.25) is 9.36 Å². The van der Waals surface area contributed by atoms with Gasteiger partial charge in [-0.25, -0.2) is 0 Å². The Morgan fingerprint density at radius 1 is 1.21 bits per heavy atom. The molecule has 0 fully saturated rings. The number of hydrogen-bond donors (Lipinski definition) is 1. The molecule has 0 bridgehead atoms. The van der Waals surface area contributed by atoms with Crippen LogP contribution in [0.1, 0.15) is 0 Å². The van der Waals surface area contributed by atoms with Gasteiger partial charge in [-0.05, 0) is 36.4 Å². The van der Waals surface area contributed by atoms with Crippen LogP contribution in [0.25, 0.3) is 5.69 Å². The second-order valence-electron chi connectivity index (χ2n) is 5.40. The molecule has 0 atom stereocenters. The quantitative estimate of drug-likeness (QED) is 0.576. The predicted octanol–water partition coefficient (Wildman–Crippen LogP) is 3.61. The third kappa shape index (κ3) is 4.97.